The Kier molecular flexibility index (Phi) is 10.6. The topological polar surface area (TPSA) is 87.2 Å². The smallest absolute Gasteiger partial charge is 0.417 e. The highest BCUT2D eigenvalue weighted by Crippen LogP contribution is 2.51. The molecule has 8 nitrogen and oxygen atoms in total. The zero-order chi connectivity index (χ0) is 32.2. The molecule has 0 N–H and O–H groups in total. The standard InChI is InChI=1S/C33H43F3N2O6/c1-7-20-13-9-10-14-23(20)26-28(44-19-21-17-22(33(34,35)36)18-37-29(21)41-6)25(32(3,4)5)27(31(40)42-8-2)38(26)30(39)24-15-11-12-16-43-24/h9-10,13-14,17-18,24-28H,7-8,11-12,15-16,19H2,1-6H3/t24-,25-,26+,27+,28+/m1/s1. The number of alkyl halides is 3. The van der Waals surface area contributed by atoms with Crippen molar-refractivity contribution in [2.45, 2.75) is 97.4 Å². The molecule has 2 aliphatic rings. The minimum absolute atomic E-state index is 0.000653. The van der Waals surface area contributed by atoms with Crippen molar-refractivity contribution in [3.8, 4) is 5.88 Å². The van der Waals surface area contributed by atoms with E-state index in [1.165, 1.54) is 7.11 Å². The third-order valence-electron chi connectivity index (χ3n) is 8.47. The van der Waals surface area contributed by atoms with E-state index < -0.39 is 53.3 Å². The summed E-state index contributed by atoms with van der Waals surface area (Å²) in [7, 11) is 1.33. The van der Waals surface area contributed by atoms with Crippen LogP contribution in [-0.4, -0.2) is 60.3 Å². The van der Waals surface area contributed by atoms with E-state index in [1.54, 1.807) is 11.8 Å². The number of hydrogen-bond acceptors (Lipinski definition) is 7. The molecule has 0 unspecified atom stereocenters. The van der Waals surface area contributed by atoms with Crippen molar-refractivity contribution in [1.29, 1.82) is 0 Å². The summed E-state index contributed by atoms with van der Waals surface area (Å²) in [4.78, 5) is 33.7. The van der Waals surface area contributed by atoms with E-state index in [9.17, 15) is 22.8 Å². The highest BCUT2D eigenvalue weighted by Gasteiger charge is 2.60. The molecule has 2 saturated heterocycles. The first-order valence-electron chi connectivity index (χ1n) is 15.2. The second kappa shape index (κ2) is 13.9. The number of methoxy groups -OCH3 is 1. The highest BCUT2D eigenvalue weighted by molar-refractivity contribution is 5.89. The van der Waals surface area contributed by atoms with Gasteiger partial charge in [0.1, 0.15) is 12.1 Å². The zero-order valence-corrected chi connectivity index (χ0v) is 26.3. The molecule has 4 rings (SSSR count). The van der Waals surface area contributed by atoms with Crippen LogP contribution < -0.4 is 4.74 Å². The van der Waals surface area contributed by atoms with Crippen LogP contribution in [0.25, 0.3) is 0 Å². The van der Waals surface area contributed by atoms with Crippen molar-refractivity contribution in [2.75, 3.05) is 20.3 Å². The molecule has 242 valence electrons. The van der Waals surface area contributed by atoms with Crippen LogP contribution in [0.1, 0.15) is 82.2 Å². The Labute approximate surface area is 257 Å². The number of nitrogens with zero attached hydrogens (tertiary/aromatic N) is 2. The Balaban J connectivity index is 1.89. The maximum Gasteiger partial charge on any atom is 0.417 e. The Hall–Kier alpha value is -3.18. The lowest BCUT2D eigenvalue weighted by Crippen LogP contribution is -2.51. The van der Waals surface area contributed by atoms with E-state index >= 15 is 0 Å². The Morgan fingerprint density at radius 3 is 2.41 bits per heavy atom. The zero-order valence-electron chi connectivity index (χ0n) is 26.3. The molecule has 0 saturated carbocycles. The fraction of sp³-hybridized carbons (Fsp3) is 0.606. The van der Waals surface area contributed by atoms with Crippen molar-refractivity contribution >= 4 is 11.9 Å². The molecule has 0 spiro atoms. The van der Waals surface area contributed by atoms with Gasteiger partial charge in [-0.15, -0.1) is 0 Å². The second-order valence-corrected chi connectivity index (χ2v) is 12.4. The number of pyridine rings is 1. The number of benzene rings is 1. The number of esters is 1. The first-order chi connectivity index (χ1) is 20.8. The Bertz CT molecular complexity index is 1310. The second-order valence-electron chi connectivity index (χ2n) is 12.4. The maximum absolute atomic E-state index is 14.4. The van der Waals surface area contributed by atoms with Crippen molar-refractivity contribution in [2.24, 2.45) is 11.3 Å². The number of carbonyl (C=O) groups excluding carboxylic acids is 2. The van der Waals surface area contributed by atoms with Crippen LogP contribution in [0, 0.1) is 11.3 Å². The van der Waals surface area contributed by atoms with Crippen LogP contribution in [0.5, 0.6) is 5.88 Å². The van der Waals surface area contributed by atoms with Crippen molar-refractivity contribution in [3.63, 3.8) is 0 Å². The minimum Gasteiger partial charge on any atom is -0.481 e. The van der Waals surface area contributed by atoms with Gasteiger partial charge in [-0.1, -0.05) is 52.0 Å². The molecule has 11 heteroatoms. The van der Waals surface area contributed by atoms with E-state index in [2.05, 4.69) is 4.98 Å². The molecule has 0 bridgehead atoms. The number of aryl methyl sites for hydroxylation is 1. The average molecular weight is 621 g/mol. The number of carbonyl (C=O) groups is 2. The summed E-state index contributed by atoms with van der Waals surface area (Å²) in [5.74, 6) is -1.47. The molecule has 44 heavy (non-hydrogen) atoms. The Morgan fingerprint density at radius 1 is 1.09 bits per heavy atom. The Morgan fingerprint density at radius 2 is 1.82 bits per heavy atom. The molecule has 1 amide bonds. The van der Waals surface area contributed by atoms with Gasteiger partial charge in [0.05, 0.1) is 38.0 Å². The fourth-order valence-corrected chi connectivity index (χ4v) is 6.50. The van der Waals surface area contributed by atoms with E-state index in [-0.39, 0.29) is 30.6 Å². The third kappa shape index (κ3) is 7.04. The molecule has 5 atom stereocenters. The van der Waals surface area contributed by atoms with Gasteiger partial charge in [-0.2, -0.15) is 13.2 Å². The van der Waals surface area contributed by atoms with Crippen LogP contribution in [0.2, 0.25) is 0 Å². The molecule has 1 aromatic carbocycles. The molecular weight excluding hydrogens is 577 g/mol. The summed E-state index contributed by atoms with van der Waals surface area (Å²) in [5.41, 5.74) is 0.341. The predicted molar refractivity (Wildman–Crippen MR) is 157 cm³/mol. The molecule has 2 aliphatic heterocycles. The van der Waals surface area contributed by atoms with E-state index in [0.29, 0.717) is 19.4 Å². The largest absolute Gasteiger partial charge is 0.481 e. The number of halogens is 3. The summed E-state index contributed by atoms with van der Waals surface area (Å²) in [6.07, 6.45) is -2.60. The van der Waals surface area contributed by atoms with Gasteiger partial charge in [-0.05, 0) is 55.2 Å². The molecule has 0 aliphatic carbocycles. The van der Waals surface area contributed by atoms with Gasteiger partial charge < -0.3 is 23.8 Å². The average Bonchev–Trinajstić information content (AvgIpc) is 3.35. The van der Waals surface area contributed by atoms with Gasteiger partial charge in [0.2, 0.25) is 5.88 Å². The van der Waals surface area contributed by atoms with E-state index in [4.69, 9.17) is 18.9 Å². The molecule has 2 fully saturated rings. The maximum atomic E-state index is 14.4. The van der Waals surface area contributed by atoms with Crippen LogP contribution >= 0.6 is 0 Å². The minimum atomic E-state index is -4.61. The monoisotopic (exact) mass is 620 g/mol. The summed E-state index contributed by atoms with van der Waals surface area (Å²) < 4.78 is 64.3. The van der Waals surface area contributed by atoms with Crippen LogP contribution in [0.4, 0.5) is 13.2 Å². The summed E-state index contributed by atoms with van der Waals surface area (Å²) in [6, 6.07) is 6.87. The molecule has 1 aromatic heterocycles. The summed E-state index contributed by atoms with van der Waals surface area (Å²) >= 11 is 0. The van der Waals surface area contributed by atoms with Crippen LogP contribution in [-0.2, 0) is 43.0 Å². The third-order valence-corrected chi connectivity index (χ3v) is 8.47. The van der Waals surface area contributed by atoms with Crippen LogP contribution in [0.15, 0.2) is 36.5 Å². The number of rotatable bonds is 9. The molecular formula is C33H43F3N2O6. The molecule has 0 radical (unpaired) electrons. The van der Waals surface area contributed by atoms with Gasteiger partial charge in [0.15, 0.2) is 0 Å². The summed E-state index contributed by atoms with van der Waals surface area (Å²) in [6.45, 7) is 9.85. The first kappa shape index (κ1) is 33.7. The van der Waals surface area contributed by atoms with Gasteiger partial charge in [0.25, 0.3) is 5.91 Å². The lowest BCUT2D eigenvalue weighted by molar-refractivity contribution is -0.162. The van der Waals surface area contributed by atoms with Gasteiger partial charge in [-0.25, -0.2) is 9.78 Å². The van der Waals surface area contributed by atoms with Crippen molar-refractivity contribution in [1.82, 2.24) is 9.88 Å². The number of amides is 1. The number of ether oxygens (including phenoxy) is 4. The fourth-order valence-electron chi connectivity index (χ4n) is 6.50. The lowest BCUT2D eigenvalue weighted by Gasteiger charge is -2.36. The van der Waals surface area contributed by atoms with Gasteiger partial charge >= 0.3 is 12.1 Å². The predicted octanol–water partition coefficient (Wildman–Crippen LogP) is 6.30. The normalized spacial score (nSPS) is 24.3. The first-order valence-corrected chi connectivity index (χ1v) is 15.2. The number of aromatic nitrogens is 1. The number of likely N-dealkylation sites (tertiary alicyclic amines) is 1. The summed E-state index contributed by atoms with van der Waals surface area (Å²) in [5, 5.41) is 0. The van der Waals surface area contributed by atoms with Crippen molar-refractivity contribution in [3.05, 3.63) is 58.8 Å². The van der Waals surface area contributed by atoms with E-state index in [1.807, 2.05) is 52.0 Å². The van der Waals surface area contributed by atoms with Crippen LogP contribution in [0.3, 0.4) is 0 Å². The molecule has 3 heterocycles. The van der Waals surface area contributed by atoms with E-state index in [0.717, 1.165) is 36.2 Å². The SMILES string of the molecule is CCOC(=O)[C@@H]1[C@@H](C(C)(C)C)[C@H](OCc2cc(C(F)(F)F)cnc2OC)[C@H](c2ccccc2CC)N1C(=O)[C@H]1CCCCO1. The molecule has 2 aromatic rings. The highest BCUT2D eigenvalue weighted by atomic mass is 19.4. The van der Waals surface area contributed by atoms with Gasteiger partial charge in [-0.3, -0.25) is 4.79 Å². The quantitative estimate of drug-likeness (QED) is 0.304. The lowest BCUT2D eigenvalue weighted by atomic mass is 9.73. The van der Waals surface area contributed by atoms with Crippen molar-refractivity contribution < 1.29 is 41.7 Å². The van der Waals surface area contributed by atoms with Gasteiger partial charge in [0, 0.05) is 24.3 Å². The number of hydrogen-bond donors (Lipinski definition) is 0.